The predicted molar refractivity (Wildman–Crippen MR) is 62.5 cm³/mol. The quantitative estimate of drug-likeness (QED) is 0.563. The van der Waals surface area contributed by atoms with Crippen LogP contribution in [-0.2, 0) is 35.2 Å². The molecule has 0 aromatic carbocycles. The minimum Gasteiger partial charge on any atom is -0.366 e. The number of aromatic nitrogens is 6. The van der Waals surface area contributed by atoms with E-state index in [0.717, 1.165) is 25.0 Å². The van der Waals surface area contributed by atoms with Gasteiger partial charge in [-0.25, -0.2) is 19.3 Å². The molecule has 0 spiro atoms. The van der Waals surface area contributed by atoms with E-state index in [9.17, 15) is 0 Å². The van der Waals surface area contributed by atoms with Gasteiger partial charge < -0.3 is 9.62 Å². The molecule has 1 aliphatic rings. The molecule has 10 heteroatoms. The molecule has 0 unspecified atom stereocenters. The Labute approximate surface area is 120 Å². The second kappa shape index (κ2) is 5.09. The zero-order chi connectivity index (χ0) is 11.8. The van der Waals surface area contributed by atoms with Crippen molar-refractivity contribution in [1.82, 2.24) is 29.5 Å². The first-order valence-corrected chi connectivity index (χ1v) is 5.32. The van der Waals surface area contributed by atoms with Crippen LogP contribution in [0, 0.1) is 0 Å². The van der Waals surface area contributed by atoms with E-state index >= 15 is 0 Å². The van der Waals surface area contributed by atoms with Crippen molar-refractivity contribution in [2.45, 2.75) is 0 Å². The van der Waals surface area contributed by atoms with Gasteiger partial charge in [0.25, 0.3) is 0 Å². The van der Waals surface area contributed by atoms with Crippen LogP contribution in [0.15, 0.2) is 12.7 Å². The van der Waals surface area contributed by atoms with Gasteiger partial charge in [0.1, 0.15) is 12.7 Å². The summed E-state index contributed by atoms with van der Waals surface area (Å²) in [6.45, 7) is 1.72. The molecular formula is C8H12BN8Pt. The Bertz CT molecular complexity index is 478. The van der Waals surface area contributed by atoms with Crippen molar-refractivity contribution in [3.63, 3.8) is 0 Å². The standard InChI is InChI=1S/C8H12BN8.Pt/c1-14-7(10-5-12-14)16-3-4-17(9-16)8-11-6-13-15(8)2;/h5-6H,3-4H2,1-2H3;. The fourth-order valence-corrected chi connectivity index (χ4v) is 1.90. The second-order valence-electron chi connectivity index (χ2n) is 3.87. The largest absolute Gasteiger partial charge is 0.396 e. The number of aryl methyl sites for hydroxylation is 2. The number of anilines is 2. The van der Waals surface area contributed by atoms with Crippen LogP contribution in [0.1, 0.15) is 0 Å². The molecule has 1 saturated heterocycles. The normalized spacial score (nSPS) is 14.6. The zero-order valence-electron chi connectivity index (χ0n) is 10.0. The maximum Gasteiger partial charge on any atom is 0.396 e. The first-order valence-electron chi connectivity index (χ1n) is 5.32. The van der Waals surface area contributed by atoms with Gasteiger partial charge in [-0.15, -0.1) is 0 Å². The van der Waals surface area contributed by atoms with Gasteiger partial charge in [-0.1, -0.05) is 0 Å². The summed E-state index contributed by atoms with van der Waals surface area (Å²) >= 11 is 0. The fraction of sp³-hybridized carbons (Fsp3) is 0.500. The van der Waals surface area contributed by atoms with E-state index in [1.54, 1.807) is 22.0 Å². The molecule has 18 heavy (non-hydrogen) atoms. The maximum absolute atomic E-state index is 4.21. The Morgan fingerprint density at radius 3 is 1.72 bits per heavy atom. The average molecular weight is 426 g/mol. The summed E-state index contributed by atoms with van der Waals surface area (Å²) in [6.07, 6.45) is 3.10. The smallest absolute Gasteiger partial charge is 0.366 e. The van der Waals surface area contributed by atoms with Gasteiger partial charge in [-0.05, 0) is 0 Å². The van der Waals surface area contributed by atoms with Gasteiger partial charge in [0.05, 0.1) is 0 Å². The van der Waals surface area contributed by atoms with Crippen molar-refractivity contribution in [3.05, 3.63) is 12.7 Å². The summed E-state index contributed by atoms with van der Waals surface area (Å²) < 4.78 is 3.49. The number of rotatable bonds is 2. The third kappa shape index (κ3) is 2.14. The van der Waals surface area contributed by atoms with Gasteiger partial charge in [0.2, 0.25) is 11.9 Å². The summed E-state index contributed by atoms with van der Waals surface area (Å²) in [4.78, 5) is 12.5. The topological polar surface area (TPSA) is 67.9 Å². The minimum atomic E-state index is 0. The fourth-order valence-electron chi connectivity index (χ4n) is 1.90. The zero-order valence-corrected chi connectivity index (χ0v) is 12.3. The first-order chi connectivity index (χ1) is 8.25. The van der Waals surface area contributed by atoms with Crippen LogP contribution >= 0.6 is 0 Å². The minimum absolute atomic E-state index is 0. The van der Waals surface area contributed by atoms with E-state index in [-0.39, 0.29) is 21.1 Å². The van der Waals surface area contributed by atoms with Crippen LogP contribution < -0.4 is 9.62 Å². The predicted octanol–water partition coefficient (Wildman–Crippen LogP) is -1.20. The molecule has 0 amide bonds. The molecule has 2 aromatic heterocycles. The van der Waals surface area contributed by atoms with Gasteiger partial charge in [-0.2, -0.15) is 10.2 Å². The molecule has 0 atom stereocenters. The molecule has 1 fully saturated rings. The Kier molecular flexibility index (Phi) is 3.70. The van der Waals surface area contributed by atoms with Crippen molar-refractivity contribution in [2.75, 3.05) is 22.7 Å². The van der Waals surface area contributed by atoms with Gasteiger partial charge in [-0.3, -0.25) is 0 Å². The van der Waals surface area contributed by atoms with Crippen LogP contribution in [-0.4, -0.2) is 50.2 Å². The van der Waals surface area contributed by atoms with Crippen LogP contribution in [0.4, 0.5) is 11.9 Å². The number of nitrogens with zero attached hydrogens (tertiary/aromatic N) is 8. The summed E-state index contributed by atoms with van der Waals surface area (Å²) in [5, 5.41) is 8.12. The SMILES string of the molecule is Cn1ncnc1N1[B]N(c2ncnn2C)CC1.[Pt]. The Morgan fingerprint density at radius 1 is 0.944 bits per heavy atom. The van der Waals surface area contributed by atoms with Gasteiger partial charge >= 0.3 is 7.55 Å². The van der Waals surface area contributed by atoms with Crippen molar-refractivity contribution in [1.29, 1.82) is 0 Å². The van der Waals surface area contributed by atoms with Crippen LogP contribution in [0.5, 0.6) is 0 Å². The summed E-state index contributed by atoms with van der Waals surface area (Å²) in [5.41, 5.74) is 0. The Morgan fingerprint density at radius 2 is 1.39 bits per heavy atom. The molecular weight excluding hydrogens is 414 g/mol. The molecule has 0 N–H and O–H groups in total. The van der Waals surface area contributed by atoms with Crippen molar-refractivity contribution in [2.24, 2.45) is 14.1 Å². The third-order valence-electron chi connectivity index (χ3n) is 2.75. The van der Waals surface area contributed by atoms with E-state index in [1.165, 1.54) is 0 Å². The van der Waals surface area contributed by atoms with Crippen LogP contribution in [0.2, 0.25) is 0 Å². The van der Waals surface area contributed by atoms with E-state index < -0.39 is 0 Å². The second-order valence-corrected chi connectivity index (χ2v) is 3.87. The molecule has 97 valence electrons. The van der Waals surface area contributed by atoms with E-state index in [2.05, 4.69) is 20.2 Å². The molecule has 3 rings (SSSR count). The van der Waals surface area contributed by atoms with Gasteiger partial charge in [0, 0.05) is 48.3 Å². The molecule has 0 bridgehead atoms. The molecule has 2 aromatic rings. The molecule has 0 aliphatic carbocycles. The van der Waals surface area contributed by atoms with Crippen molar-refractivity contribution in [3.8, 4) is 0 Å². The van der Waals surface area contributed by atoms with E-state index in [4.69, 9.17) is 0 Å². The van der Waals surface area contributed by atoms with Crippen LogP contribution in [0.3, 0.4) is 0 Å². The Balaban J connectivity index is 0.00000120. The molecule has 8 nitrogen and oxygen atoms in total. The number of hydrogen-bond donors (Lipinski definition) is 0. The van der Waals surface area contributed by atoms with E-state index in [0.29, 0.717) is 0 Å². The third-order valence-corrected chi connectivity index (χ3v) is 2.75. The summed E-state index contributed by atoms with van der Waals surface area (Å²) in [5.74, 6) is 1.66. The molecule has 1 radical (unpaired) electrons. The average Bonchev–Trinajstić information content (AvgIpc) is 2.97. The summed E-state index contributed by atoms with van der Waals surface area (Å²) in [7, 11) is 5.73. The van der Waals surface area contributed by atoms with Crippen molar-refractivity contribution < 1.29 is 21.1 Å². The van der Waals surface area contributed by atoms with E-state index in [1.807, 2.05) is 31.3 Å². The van der Waals surface area contributed by atoms with Crippen LogP contribution in [0.25, 0.3) is 0 Å². The molecule has 0 saturated carbocycles. The van der Waals surface area contributed by atoms with Gasteiger partial charge in [0.15, 0.2) is 0 Å². The monoisotopic (exact) mass is 426 g/mol. The van der Waals surface area contributed by atoms with Crippen molar-refractivity contribution >= 4 is 19.4 Å². The maximum atomic E-state index is 4.21. The number of hydrogen-bond acceptors (Lipinski definition) is 6. The summed E-state index contributed by atoms with van der Waals surface area (Å²) in [6, 6.07) is 0. The first kappa shape index (κ1) is 13.1. The molecule has 3 heterocycles. The Hall–Kier alpha value is -1.37. The molecule has 1 aliphatic heterocycles.